The lowest BCUT2D eigenvalue weighted by Crippen LogP contribution is -2.18. The van der Waals surface area contributed by atoms with Crippen molar-refractivity contribution < 1.29 is 14.3 Å². The van der Waals surface area contributed by atoms with Gasteiger partial charge in [0.1, 0.15) is 0 Å². The molecule has 0 fully saturated rings. The van der Waals surface area contributed by atoms with Gasteiger partial charge in [-0.15, -0.1) is 0 Å². The number of benzene rings is 1. The molecule has 1 aromatic rings. The molecular formula is C12H13BrO3. The van der Waals surface area contributed by atoms with Crippen LogP contribution in [0.3, 0.4) is 0 Å². The maximum atomic E-state index is 11.7. The van der Waals surface area contributed by atoms with E-state index in [0.717, 1.165) is 12.0 Å². The number of halogens is 1. The normalized spacial score (nSPS) is 9.94. The quantitative estimate of drug-likeness (QED) is 0.485. The van der Waals surface area contributed by atoms with Gasteiger partial charge in [0.05, 0.1) is 6.61 Å². The average molecular weight is 285 g/mol. The number of ether oxygens (including phenoxy) is 1. The summed E-state index contributed by atoms with van der Waals surface area (Å²) < 4.78 is 5.29. The summed E-state index contributed by atoms with van der Waals surface area (Å²) in [6, 6.07) is 5.31. The van der Waals surface area contributed by atoms with Gasteiger partial charge >= 0.3 is 5.97 Å². The van der Waals surface area contributed by atoms with Crippen LogP contribution in [0.5, 0.6) is 0 Å². The number of rotatable bonds is 4. The summed E-state index contributed by atoms with van der Waals surface area (Å²) in [7, 11) is 0. The van der Waals surface area contributed by atoms with E-state index in [-0.39, 0.29) is 6.61 Å². The van der Waals surface area contributed by atoms with Crippen molar-refractivity contribution in [1.82, 2.24) is 0 Å². The van der Waals surface area contributed by atoms with E-state index in [9.17, 15) is 9.59 Å². The fraction of sp³-hybridized carbons (Fsp3) is 0.333. The van der Waals surface area contributed by atoms with Crippen LogP contribution in [0.2, 0.25) is 0 Å². The minimum absolute atomic E-state index is 0.204. The lowest BCUT2D eigenvalue weighted by Gasteiger charge is -2.05. The third-order valence-corrected chi connectivity index (χ3v) is 2.80. The summed E-state index contributed by atoms with van der Waals surface area (Å²) in [6.45, 7) is 3.89. The summed E-state index contributed by atoms with van der Waals surface area (Å²) in [4.78, 5) is 22.9. The smallest absolute Gasteiger partial charge is 0.379 e. The lowest BCUT2D eigenvalue weighted by atomic mass is 10.1. The number of carbonyl (C=O) groups is 2. The first kappa shape index (κ1) is 12.9. The Bertz CT molecular complexity index is 413. The second-order valence-corrected chi connectivity index (χ2v) is 4.07. The Hall–Kier alpha value is -1.16. The molecule has 3 nitrogen and oxygen atoms in total. The van der Waals surface area contributed by atoms with Gasteiger partial charge in [0.2, 0.25) is 0 Å². The number of hydrogen-bond acceptors (Lipinski definition) is 3. The van der Waals surface area contributed by atoms with Gasteiger partial charge < -0.3 is 4.74 Å². The van der Waals surface area contributed by atoms with Gasteiger partial charge in [-0.1, -0.05) is 28.9 Å². The molecule has 0 spiro atoms. The van der Waals surface area contributed by atoms with Crippen molar-refractivity contribution in [1.29, 1.82) is 0 Å². The Morgan fingerprint density at radius 3 is 2.50 bits per heavy atom. The molecule has 0 amide bonds. The van der Waals surface area contributed by atoms with E-state index in [4.69, 9.17) is 0 Å². The molecule has 0 atom stereocenters. The molecule has 0 bridgehead atoms. The Balaban J connectivity index is 2.96. The Morgan fingerprint density at radius 1 is 1.31 bits per heavy atom. The van der Waals surface area contributed by atoms with Gasteiger partial charge in [0, 0.05) is 10.0 Å². The predicted octanol–water partition coefficient (Wildman–Crippen LogP) is 2.76. The first-order chi connectivity index (χ1) is 7.60. The Labute approximate surface area is 103 Å². The summed E-state index contributed by atoms with van der Waals surface area (Å²) in [6.07, 6.45) is 0.881. The Kier molecular flexibility index (Phi) is 4.68. The molecule has 0 heterocycles. The van der Waals surface area contributed by atoms with Crippen molar-refractivity contribution in [2.45, 2.75) is 20.3 Å². The van der Waals surface area contributed by atoms with Crippen LogP contribution in [0.4, 0.5) is 0 Å². The molecule has 0 aliphatic carbocycles. The lowest BCUT2D eigenvalue weighted by molar-refractivity contribution is -0.137. The van der Waals surface area contributed by atoms with E-state index in [0.29, 0.717) is 10.0 Å². The zero-order valence-corrected chi connectivity index (χ0v) is 10.8. The molecule has 0 saturated heterocycles. The van der Waals surface area contributed by atoms with Gasteiger partial charge in [0.25, 0.3) is 5.78 Å². The summed E-state index contributed by atoms with van der Waals surface area (Å²) in [5, 5.41) is 0. The third-order valence-electron chi connectivity index (χ3n) is 2.15. The van der Waals surface area contributed by atoms with Gasteiger partial charge in [-0.05, 0) is 31.0 Å². The topological polar surface area (TPSA) is 43.4 Å². The molecule has 86 valence electrons. The number of hydrogen-bond donors (Lipinski definition) is 0. The van der Waals surface area contributed by atoms with Crippen LogP contribution < -0.4 is 0 Å². The SMILES string of the molecule is CCOC(=O)C(=O)c1ccc(CC)cc1Br. The highest BCUT2D eigenvalue weighted by Gasteiger charge is 2.19. The largest absolute Gasteiger partial charge is 0.460 e. The van der Waals surface area contributed by atoms with Crippen LogP contribution in [-0.4, -0.2) is 18.4 Å². The van der Waals surface area contributed by atoms with Gasteiger partial charge in [-0.2, -0.15) is 0 Å². The second kappa shape index (κ2) is 5.80. The maximum Gasteiger partial charge on any atom is 0.379 e. The van der Waals surface area contributed by atoms with Gasteiger partial charge in [-0.25, -0.2) is 4.79 Å². The van der Waals surface area contributed by atoms with Gasteiger partial charge in [0.15, 0.2) is 0 Å². The third kappa shape index (κ3) is 2.92. The molecule has 1 rings (SSSR count). The van der Waals surface area contributed by atoms with Crippen molar-refractivity contribution in [3.63, 3.8) is 0 Å². The zero-order chi connectivity index (χ0) is 12.1. The van der Waals surface area contributed by atoms with Crippen molar-refractivity contribution in [2.24, 2.45) is 0 Å². The molecule has 0 unspecified atom stereocenters. The summed E-state index contributed by atoms with van der Waals surface area (Å²) >= 11 is 3.28. The summed E-state index contributed by atoms with van der Waals surface area (Å²) in [5.74, 6) is -1.43. The number of Topliss-reactive ketones (excluding diaryl/α,β-unsaturated/α-hetero) is 1. The fourth-order valence-electron chi connectivity index (χ4n) is 1.27. The van der Waals surface area contributed by atoms with E-state index in [1.165, 1.54) is 0 Å². The first-order valence-corrected chi connectivity index (χ1v) is 5.89. The number of ketones is 1. The van der Waals surface area contributed by atoms with Crippen LogP contribution >= 0.6 is 15.9 Å². The molecule has 0 N–H and O–H groups in total. The highest BCUT2D eigenvalue weighted by Crippen LogP contribution is 2.20. The highest BCUT2D eigenvalue weighted by molar-refractivity contribution is 9.10. The minimum atomic E-state index is -0.813. The number of carbonyl (C=O) groups excluding carboxylic acids is 2. The molecule has 0 saturated carbocycles. The van der Waals surface area contributed by atoms with Crippen LogP contribution in [0, 0.1) is 0 Å². The molecule has 0 aliphatic heterocycles. The van der Waals surface area contributed by atoms with E-state index in [2.05, 4.69) is 20.7 Å². The molecule has 0 radical (unpaired) electrons. The van der Waals surface area contributed by atoms with Gasteiger partial charge in [-0.3, -0.25) is 4.79 Å². The fourth-order valence-corrected chi connectivity index (χ4v) is 1.88. The number of aryl methyl sites for hydroxylation is 1. The average Bonchev–Trinajstić information content (AvgIpc) is 2.28. The van der Waals surface area contributed by atoms with Crippen LogP contribution in [0.25, 0.3) is 0 Å². The van der Waals surface area contributed by atoms with E-state index < -0.39 is 11.8 Å². The van der Waals surface area contributed by atoms with E-state index >= 15 is 0 Å². The van der Waals surface area contributed by atoms with Crippen molar-refractivity contribution in [2.75, 3.05) is 6.61 Å². The molecule has 1 aromatic carbocycles. The molecule has 4 heteroatoms. The van der Waals surface area contributed by atoms with E-state index in [1.54, 1.807) is 13.0 Å². The van der Waals surface area contributed by atoms with Crippen LogP contribution in [0.1, 0.15) is 29.8 Å². The van der Waals surface area contributed by atoms with E-state index in [1.807, 2.05) is 19.1 Å². The standard InChI is InChI=1S/C12H13BrO3/c1-3-8-5-6-9(10(13)7-8)11(14)12(15)16-4-2/h5-7H,3-4H2,1-2H3. The monoisotopic (exact) mass is 284 g/mol. The van der Waals surface area contributed by atoms with Crippen molar-refractivity contribution >= 4 is 27.7 Å². The van der Waals surface area contributed by atoms with Crippen molar-refractivity contribution in [3.05, 3.63) is 33.8 Å². The summed E-state index contributed by atoms with van der Waals surface area (Å²) in [5.41, 5.74) is 1.45. The molecule has 0 aliphatic rings. The Morgan fingerprint density at radius 2 is 2.00 bits per heavy atom. The first-order valence-electron chi connectivity index (χ1n) is 5.10. The zero-order valence-electron chi connectivity index (χ0n) is 9.25. The molecule has 0 aromatic heterocycles. The predicted molar refractivity (Wildman–Crippen MR) is 64.5 cm³/mol. The highest BCUT2D eigenvalue weighted by atomic mass is 79.9. The maximum absolute atomic E-state index is 11.7. The minimum Gasteiger partial charge on any atom is -0.460 e. The van der Waals surface area contributed by atoms with Crippen LogP contribution in [0.15, 0.2) is 22.7 Å². The second-order valence-electron chi connectivity index (χ2n) is 3.22. The van der Waals surface area contributed by atoms with Crippen LogP contribution in [-0.2, 0) is 16.0 Å². The van der Waals surface area contributed by atoms with Crippen molar-refractivity contribution in [3.8, 4) is 0 Å². The molecule has 16 heavy (non-hydrogen) atoms. The molecular weight excluding hydrogens is 272 g/mol. The number of esters is 1.